The molecule has 0 aliphatic heterocycles. The van der Waals surface area contributed by atoms with Crippen molar-refractivity contribution in [3.8, 4) is 5.75 Å². The fourth-order valence-electron chi connectivity index (χ4n) is 1.40. The first kappa shape index (κ1) is 16.4. The number of carboxylic acid groups (broad SMARTS) is 1. The van der Waals surface area contributed by atoms with Crippen molar-refractivity contribution in [1.29, 1.82) is 0 Å². The van der Waals surface area contributed by atoms with Gasteiger partial charge >= 0.3 is 5.97 Å². The van der Waals surface area contributed by atoms with Crippen molar-refractivity contribution < 1.29 is 28.2 Å². The second-order valence-electron chi connectivity index (χ2n) is 4.06. The third-order valence-electron chi connectivity index (χ3n) is 2.53. The van der Waals surface area contributed by atoms with E-state index >= 15 is 0 Å². The summed E-state index contributed by atoms with van der Waals surface area (Å²) in [6.45, 7) is 0.981. The maximum atomic E-state index is 12.0. The first-order valence-electron chi connectivity index (χ1n) is 5.97. The van der Waals surface area contributed by atoms with Crippen molar-refractivity contribution in [2.24, 2.45) is 0 Å². The zero-order valence-electron chi connectivity index (χ0n) is 10.9. The molecule has 0 fully saturated rings. The summed E-state index contributed by atoms with van der Waals surface area (Å²) in [5.74, 6) is -0.849. The van der Waals surface area contributed by atoms with Crippen LogP contribution in [0.5, 0.6) is 5.75 Å². The van der Waals surface area contributed by atoms with Gasteiger partial charge in [-0.25, -0.2) is 17.9 Å². The van der Waals surface area contributed by atoms with E-state index in [2.05, 4.69) is 4.72 Å². The van der Waals surface area contributed by atoms with E-state index in [1.54, 1.807) is 6.92 Å². The van der Waals surface area contributed by atoms with E-state index in [4.69, 9.17) is 14.9 Å². The number of carboxylic acids is 1. The molecule has 1 atom stereocenters. The summed E-state index contributed by atoms with van der Waals surface area (Å²) in [5, 5.41) is 17.5. The SMILES string of the molecule is CCC(CO)NS(=O)(=O)c1ccc(OCC(=O)O)cc1. The van der Waals surface area contributed by atoms with Crippen LogP contribution in [0.1, 0.15) is 13.3 Å². The molecule has 0 saturated heterocycles. The van der Waals surface area contributed by atoms with Crippen LogP contribution >= 0.6 is 0 Å². The Kier molecular flexibility index (Phi) is 5.93. The molecule has 1 aromatic carbocycles. The van der Waals surface area contributed by atoms with Crippen molar-refractivity contribution >= 4 is 16.0 Å². The molecule has 0 spiro atoms. The lowest BCUT2D eigenvalue weighted by atomic mass is 10.3. The lowest BCUT2D eigenvalue weighted by Crippen LogP contribution is -2.36. The van der Waals surface area contributed by atoms with Gasteiger partial charge in [-0.05, 0) is 30.7 Å². The van der Waals surface area contributed by atoms with Crippen LogP contribution in [-0.4, -0.2) is 43.9 Å². The predicted octanol–water partition coefficient (Wildman–Crippen LogP) is 0.199. The van der Waals surface area contributed by atoms with Crippen LogP contribution in [0.4, 0.5) is 0 Å². The molecule has 7 nitrogen and oxygen atoms in total. The van der Waals surface area contributed by atoms with Crippen molar-refractivity contribution in [3.63, 3.8) is 0 Å². The Morgan fingerprint density at radius 1 is 1.35 bits per heavy atom. The van der Waals surface area contributed by atoms with E-state index in [9.17, 15) is 13.2 Å². The maximum Gasteiger partial charge on any atom is 0.341 e. The van der Waals surface area contributed by atoms with Crippen LogP contribution in [0.2, 0.25) is 0 Å². The number of hydrogen-bond donors (Lipinski definition) is 3. The number of carbonyl (C=O) groups is 1. The molecule has 1 aromatic rings. The Labute approximate surface area is 117 Å². The van der Waals surface area contributed by atoms with Gasteiger partial charge in [-0.1, -0.05) is 6.92 Å². The maximum absolute atomic E-state index is 12.0. The van der Waals surface area contributed by atoms with Gasteiger partial charge in [0, 0.05) is 6.04 Å². The molecule has 3 N–H and O–H groups in total. The largest absolute Gasteiger partial charge is 0.482 e. The number of hydrogen-bond acceptors (Lipinski definition) is 5. The quantitative estimate of drug-likeness (QED) is 0.632. The minimum atomic E-state index is -3.71. The van der Waals surface area contributed by atoms with Crippen LogP contribution in [0, 0.1) is 0 Å². The molecule has 20 heavy (non-hydrogen) atoms. The molecule has 0 saturated carbocycles. The molecular weight excluding hydrogens is 286 g/mol. The van der Waals surface area contributed by atoms with E-state index in [1.807, 2.05) is 0 Å². The normalized spacial score (nSPS) is 12.9. The molecule has 8 heteroatoms. The number of ether oxygens (including phenoxy) is 1. The molecule has 0 amide bonds. The number of aliphatic hydroxyl groups is 1. The number of benzene rings is 1. The second-order valence-corrected chi connectivity index (χ2v) is 5.78. The third kappa shape index (κ3) is 4.80. The van der Waals surface area contributed by atoms with Gasteiger partial charge < -0.3 is 14.9 Å². The zero-order chi connectivity index (χ0) is 15.2. The van der Waals surface area contributed by atoms with Gasteiger partial charge in [-0.2, -0.15) is 0 Å². The molecular formula is C12H17NO6S. The molecule has 0 aliphatic carbocycles. The van der Waals surface area contributed by atoms with E-state index in [-0.39, 0.29) is 17.3 Å². The van der Waals surface area contributed by atoms with Gasteiger partial charge in [0.15, 0.2) is 6.61 Å². The van der Waals surface area contributed by atoms with Gasteiger partial charge in [0.05, 0.1) is 11.5 Å². The molecule has 0 heterocycles. The van der Waals surface area contributed by atoms with Crippen LogP contribution in [0.15, 0.2) is 29.2 Å². The summed E-state index contributed by atoms with van der Waals surface area (Å²) in [4.78, 5) is 10.4. The highest BCUT2D eigenvalue weighted by Gasteiger charge is 2.18. The number of aliphatic carboxylic acids is 1. The van der Waals surface area contributed by atoms with Crippen molar-refractivity contribution in [2.75, 3.05) is 13.2 Å². The van der Waals surface area contributed by atoms with Gasteiger partial charge in [-0.15, -0.1) is 0 Å². The highest BCUT2D eigenvalue weighted by molar-refractivity contribution is 7.89. The van der Waals surface area contributed by atoms with Crippen LogP contribution in [-0.2, 0) is 14.8 Å². The van der Waals surface area contributed by atoms with Gasteiger partial charge in [0.1, 0.15) is 5.75 Å². The number of rotatable bonds is 8. The molecule has 1 unspecified atom stereocenters. The van der Waals surface area contributed by atoms with Crippen LogP contribution in [0.25, 0.3) is 0 Å². The predicted molar refractivity (Wildman–Crippen MR) is 71.1 cm³/mol. The molecule has 1 rings (SSSR count). The van der Waals surface area contributed by atoms with Gasteiger partial charge in [-0.3, -0.25) is 0 Å². The minimum Gasteiger partial charge on any atom is -0.482 e. The summed E-state index contributed by atoms with van der Waals surface area (Å²) >= 11 is 0. The van der Waals surface area contributed by atoms with E-state index in [1.165, 1.54) is 24.3 Å². The third-order valence-corrected chi connectivity index (χ3v) is 4.07. The molecule has 0 bridgehead atoms. The van der Waals surface area contributed by atoms with Crippen LogP contribution < -0.4 is 9.46 Å². The molecule has 0 aliphatic rings. The van der Waals surface area contributed by atoms with E-state index in [0.717, 1.165) is 0 Å². The van der Waals surface area contributed by atoms with Crippen molar-refractivity contribution in [1.82, 2.24) is 4.72 Å². The van der Waals surface area contributed by atoms with E-state index in [0.29, 0.717) is 6.42 Å². The van der Waals surface area contributed by atoms with Crippen LogP contribution in [0.3, 0.4) is 0 Å². The Morgan fingerprint density at radius 3 is 2.40 bits per heavy atom. The molecule has 0 aromatic heterocycles. The highest BCUT2D eigenvalue weighted by atomic mass is 32.2. The van der Waals surface area contributed by atoms with Crippen molar-refractivity contribution in [2.45, 2.75) is 24.3 Å². The van der Waals surface area contributed by atoms with Crippen molar-refractivity contribution in [3.05, 3.63) is 24.3 Å². The first-order chi connectivity index (χ1) is 9.39. The van der Waals surface area contributed by atoms with Gasteiger partial charge in [0.25, 0.3) is 0 Å². The highest BCUT2D eigenvalue weighted by Crippen LogP contribution is 2.16. The Bertz CT molecular complexity index is 536. The monoisotopic (exact) mass is 303 g/mol. The first-order valence-corrected chi connectivity index (χ1v) is 7.45. The lowest BCUT2D eigenvalue weighted by Gasteiger charge is -2.14. The summed E-state index contributed by atoms with van der Waals surface area (Å²) in [6.07, 6.45) is 0.468. The Morgan fingerprint density at radius 2 is 1.95 bits per heavy atom. The van der Waals surface area contributed by atoms with Gasteiger partial charge in [0.2, 0.25) is 10.0 Å². The summed E-state index contributed by atoms with van der Waals surface area (Å²) in [6, 6.07) is 4.82. The summed E-state index contributed by atoms with van der Waals surface area (Å²) in [5.41, 5.74) is 0. The fourth-order valence-corrected chi connectivity index (χ4v) is 2.71. The topological polar surface area (TPSA) is 113 Å². The number of nitrogens with one attached hydrogen (secondary N) is 1. The average Bonchev–Trinajstić information content (AvgIpc) is 2.43. The minimum absolute atomic E-state index is 0.0204. The number of aliphatic hydroxyl groups excluding tert-OH is 1. The standard InChI is InChI=1S/C12H17NO6S/c1-2-9(7-14)13-20(17,18)11-5-3-10(4-6-11)19-8-12(15)16/h3-6,9,13-14H,2,7-8H2,1H3,(H,15,16). The Hall–Kier alpha value is -1.64. The fraction of sp³-hybridized carbons (Fsp3) is 0.417. The molecule has 112 valence electrons. The smallest absolute Gasteiger partial charge is 0.341 e. The lowest BCUT2D eigenvalue weighted by molar-refractivity contribution is -0.139. The zero-order valence-corrected chi connectivity index (χ0v) is 11.8. The summed E-state index contributed by atoms with van der Waals surface area (Å²) < 4.78 is 31.2. The molecule has 0 radical (unpaired) electrons. The summed E-state index contributed by atoms with van der Waals surface area (Å²) in [7, 11) is -3.71. The average molecular weight is 303 g/mol. The Balaban J connectivity index is 2.78. The van der Waals surface area contributed by atoms with E-state index < -0.39 is 28.6 Å². The number of sulfonamides is 1. The second kappa shape index (κ2) is 7.22.